The van der Waals surface area contributed by atoms with Gasteiger partial charge in [-0.1, -0.05) is 0 Å². The summed E-state index contributed by atoms with van der Waals surface area (Å²) in [6.45, 7) is -0.520. The molecule has 0 bridgehead atoms. The third-order valence-corrected chi connectivity index (χ3v) is 5.50. The van der Waals surface area contributed by atoms with Gasteiger partial charge < -0.3 is 24.6 Å². The smallest absolute Gasteiger partial charge is 0.412 e. The molecule has 1 atom stereocenters. The number of ether oxygens (including phenoxy) is 2. The van der Waals surface area contributed by atoms with Gasteiger partial charge in [0.2, 0.25) is 5.95 Å². The summed E-state index contributed by atoms with van der Waals surface area (Å²) < 4.78 is 50.3. The van der Waals surface area contributed by atoms with E-state index in [-0.39, 0.29) is 23.6 Å². The van der Waals surface area contributed by atoms with E-state index in [0.29, 0.717) is 17.3 Å². The lowest BCUT2D eigenvalue weighted by atomic mass is 9.91. The average molecular weight is 437 g/mol. The summed E-state index contributed by atoms with van der Waals surface area (Å²) in [5.41, 5.74) is 0.667. The van der Waals surface area contributed by atoms with Crippen LogP contribution in [0.25, 0.3) is 0 Å². The van der Waals surface area contributed by atoms with E-state index >= 15 is 0 Å². The van der Waals surface area contributed by atoms with Gasteiger partial charge in [0.05, 0.1) is 25.8 Å². The Balaban J connectivity index is 1.57. The number of nitrogens with one attached hydrogen (secondary N) is 2. The lowest BCUT2D eigenvalue weighted by Gasteiger charge is -2.36. The second kappa shape index (κ2) is 8.08. The highest BCUT2D eigenvalue weighted by molar-refractivity contribution is 5.81. The molecule has 0 saturated heterocycles. The van der Waals surface area contributed by atoms with Gasteiger partial charge in [-0.05, 0) is 19.3 Å². The number of hydrogen-bond donors (Lipinski definition) is 2. The van der Waals surface area contributed by atoms with Crippen molar-refractivity contribution in [3.8, 4) is 11.5 Å². The molecule has 1 unspecified atom stereocenters. The normalized spacial score (nSPS) is 18.5. The average Bonchev–Trinajstić information content (AvgIpc) is 2.70. The van der Waals surface area contributed by atoms with E-state index in [2.05, 4.69) is 20.3 Å². The van der Waals surface area contributed by atoms with Crippen molar-refractivity contribution in [3.05, 3.63) is 18.5 Å². The van der Waals surface area contributed by atoms with Crippen LogP contribution in [0.15, 0.2) is 18.5 Å². The Morgan fingerprint density at radius 3 is 2.71 bits per heavy atom. The number of methoxy groups -OCH3 is 1. The Bertz CT molecular complexity index is 968. The van der Waals surface area contributed by atoms with Gasteiger partial charge in [0.15, 0.2) is 17.6 Å². The van der Waals surface area contributed by atoms with Crippen molar-refractivity contribution in [1.29, 1.82) is 5.41 Å². The van der Waals surface area contributed by atoms with Crippen LogP contribution in [-0.4, -0.2) is 60.3 Å². The third-order valence-electron chi connectivity index (χ3n) is 5.50. The van der Waals surface area contributed by atoms with Gasteiger partial charge in [0, 0.05) is 19.2 Å². The molecule has 1 saturated carbocycles. The van der Waals surface area contributed by atoms with Gasteiger partial charge in [0.25, 0.3) is 0 Å². The summed E-state index contributed by atoms with van der Waals surface area (Å²) in [4.78, 5) is 15.5. The molecule has 2 aromatic rings. The number of fused-ring (bicyclic) bond motifs is 1. The standard InChI is InChI=1S/C19H22F3N7O2/c1-28-15(19(20,21)22)9-31-14-8-25-18(27-17(14)28)26-16-6-13(30-2)12(7-24-16)29(10-23)11-4-3-5-11/h6-8,10-11,15,23H,3-5,9H2,1-2H3,(H,24,25,26,27). The van der Waals surface area contributed by atoms with Crippen molar-refractivity contribution < 1.29 is 22.6 Å². The van der Waals surface area contributed by atoms with Crippen molar-refractivity contribution in [2.75, 3.05) is 35.9 Å². The highest BCUT2D eigenvalue weighted by atomic mass is 19.4. The van der Waals surface area contributed by atoms with E-state index in [1.807, 2.05) is 4.90 Å². The number of halogens is 3. The van der Waals surface area contributed by atoms with Gasteiger partial charge in [-0.15, -0.1) is 0 Å². The fraction of sp³-hybridized carbons (Fsp3) is 0.474. The molecule has 1 fully saturated rings. The van der Waals surface area contributed by atoms with Crippen LogP contribution < -0.4 is 24.6 Å². The maximum Gasteiger partial charge on any atom is 0.412 e. The minimum absolute atomic E-state index is 0.0367. The lowest BCUT2D eigenvalue weighted by molar-refractivity contribution is -0.155. The number of pyridine rings is 1. The molecule has 1 aliphatic carbocycles. The molecule has 0 aromatic carbocycles. The number of hydrogen-bond acceptors (Lipinski definition) is 8. The molecule has 3 heterocycles. The summed E-state index contributed by atoms with van der Waals surface area (Å²) in [7, 11) is 2.84. The van der Waals surface area contributed by atoms with E-state index in [0.717, 1.165) is 24.2 Å². The number of likely N-dealkylation sites (N-methyl/N-ethyl adjacent to an activating group) is 1. The zero-order valence-electron chi connectivity index (χ0n) is 17.0. The summed E-state index contributed by atoms with van der Waals surface area (Å²) >= 11 is 0. The fourth-order valence-electron chi connectivity index (χ4n) is 3.53. The largest absolute Gasteiger partial charge is 0.494 e. The van der Waals surface area contributed by atoms with E-state index in [1.54, 1.807) is 12.3 Å². The number of aromatic nitrogens is 3. The first-order valence-electron chi connectivity index (χ1n) is 9.71. The Kier molecular flexibility index (Phi) is 5.46. The number of nitrogens with zero attached hydrogens (tertiary/aromatic N) is 5. The molecule has 0 amide bonds. The number of anilines is 4. The molecule has 2 aromatic heterocycles. The van der Waals surface area contributed by atoms with Crippen LogP contribution in [0.1, 0.15) is 19.3 Å². The zero-order chi connectivity index (χ0) is 22.2. The van der Waals surface area contributed by atoms with Gasteiger partial charge in [0.1, 0.15) is 23.9 Å². The number of alkyl halides is 3. The van der Waals surface area contributed by atoms with Crippen molar-refractivity contribution in [2.45, 2.75) is 37.5 Å². The maximum atomic E-state index is 13.2. The molecule has 1 aliphatic heterocycles. The topological polar surface area (TPSA) is 99.5 Å². The van der Waals surface area contributed by atoms with Crippen molar-refractivity contribution >= 4 is 29.6 Å². The van der Waals surface area contributed by atoms with Crippen molar-refractivity contribution in [1.82, 2.24) is 15.0 Å². The minimum atomic E-state index is -4.45. The predicted octanol–water partition coefficient (Wildman–Crippen LogP) is 3.35. The highest BCUT2D eigenvalue weighted by Gasteiger charge is 2.46. The van der Waals surface area contributed by atoms with Crippen molar-refractivity contribution in [3.63, 3.8) is 0 Å². The van der Waals surface area contributed by atoms with Crippen LogP contribution >= 0.6 is 0 Å². The van der Waals surface area contributed by atoms with Crippen LogP contribution in [0.5, 0.6) is 11.5 Å². The Morgan fingerprint density at radius 2 is 2.10 bits per heavy atom. The minimum Gasteiger partial charge on any atom is -0.494 e. The molecular formula is C19H22F3N7O2. The summed E-state index contributed by atoms with van der Waals surface area (Å²) in [5, 5.41) is 10.6. The Hall–Kier alpha value is -3.31. The van der Waals surface area contributed by atoms with Crippen LogP contribution in [0.3, 0.4) is 0 Å². The molecule has 166 valence electrons. The number of rotatable bonds is 6. The second-order valence-corrected chi connectivity index (χ2v) is 7.35. The maximum absolute atomic E-state index is 13.2. The van der Waals surface area contributed by atoms with Crippen LogP contribution in [-0.2, 0) is 0 Å². The quantitative estimate of drug-likeness (QED) is 0.524. The lowest BCUT2D eigenvalue weighted by Crippen LogP contribution is -2.50. The predicted molar refractivity (Wildman–Crippen MR) is 109 cm³/mol. The summed E-state index contributed by atoms with van der Waals surface area (Å²) in [6, 6.07) is 0.0819. The first-order valence-corrected chi connectivity index (χ1v) is 9.71. The van der Waals surface area contributed by atoms with Crippen LogP contribution in [0.4, 0.5) is 36.4 Å². The molecule has 31 heavy (non-hydrogen) atoms. The van der Waals surface area contributed by atoms with E-state index < -0.39 is 18.8 Å². The van der Waals surface area contributed by atoms with Crippen LogP contribution in [0.2, 0.25) is 0 Å². The highest BCUT2D eigenvalue weighted by Crippen LogP contribution is 2.38. The van der Waals surface area contributed by atoms with Gasteiger partial charge in [-0.2, -0.15) is 18.2 Å². The van der Waals surface area contributed by atoms with E-state index in [4.69, 9.17) is 14.9 Å². The zero-order valence-corrected chi connectivity index (χ0v) is 17.0. The first-order chi connectivity index (χ1) is 14.8. The summed E-state index contributed by atoms with van der Waals surface area (Å²) in [5.74, 6) is 1.14. The molecule has 0 radical (unpaired) electrons. The monoisotopic (exact) mass is 437 g/mol. The molecule has 2 aliphatic rings. The molecule has 0 spiro atoms. The second-order valence-electron chi connectivity index (χ2n) is 7.35. The van der Waals surface area contributed by atoms with Gasteiger partial charge >= 0.3 is 6.18 Å². The van der Waals surface area contributed by atoms with E-state index in [9.17, 15) is 13.2 Å². The molecular weight excluding hydrogens is 415 g/mol. The molecule has 9 nitrogen and oxygen atoms in total. The van der Waals surface area contributed by atoms with Gasteiger partial charge in [-0.25, -0.2) is 9.97 Å². The van der Waals surface area contributed by atoms with Crippen molar-refractivity contribution in [2.24, 2.45) is 0 Å². The van der Waals surface area contributed by atoms with Gasteiger partial charge in [-0.3, -0.25) is 5.41 Å². The SMILES string of the molecule is COc1cc(Nc2ncc3c(n2)N(C)C(C(F)(F)F)CO3)ncc1N(C=N)C1CCC1. The molecule has 2 N–H and O–H groups in total. The Labute approximate surface area is 176 Å². The van der Waals surface area contributed by atoms with Crippen LogP contribution in [0, 0.1) is 5.41 Å². The van der Waals surface area contributed by atoms with E-state index in [1.165, 1.54) is 26.7 Å². The fourth-order valence-corrected chi connectivity index (χ4v) is 3.53. The molecule has 4 rings (SSSR count). The first kappa shape index (κ1) is 20.9. The Morgan fingerprint density at radius 1 is 1.32 bits per heavy atom. The molecule has 12 heteroatoms. The third kappa shape index (κ3) is 4.01. The summed E-state index contributed by atoms with van der Waals surface area (Å²) in [6.07, 6.45) is 2.83.